The molecule has 0 aliphatic carbocycles. The van der Waals surface area contributed by atoms with Crippen LogP contribution < -0.4 is 5.32 Å². The molecule has 0 aliphatic rings. The molecule has 0 spiro atoms. The smallest absolute Gasteiger partial charge is 0.258 e. The summed E-state index contributed by atoms with van der Waals surface area (Å²) in [4.78, 5) is 11.7. The highest BCUT2D eigenvalue weighted by molar-refractivity contribution is 5.95. The highest BCUT2D eigenvalue weighted by Crippen LogP contribution is 2.23. The summed E-state index contributed by atoms with van der Waals surface area (Å²) in [5, 5.41) is 20.1. The van der Waals surface area contributed by atoms with E-state index in [1.807, 2.05) is 5.32 Å². The second kappa shape index (κ2) is 6.35. The number of carbonyl (C=O) groups is 1. The Labute approximate surface area is 116 Å². The van der Waals surface area contributed by atoms with Gasteiger partial charge in [-0.15, -0.1) is 0 Å². The monoisotopic (exact) mass is 313 g/mol. The first-order valence-electron chi connectivity index (χ1n) is 5.80. The fourth-order valence-electron chi connectivity index (χ4n) is 1.55. The van der Waals surface area contributed by atoms with Crippen molar-refractivity contribution in [3.8, 4) is 0 Å². The second-order valence-electron chi connectivity index (χ2n) is 4.35. The Bertz CT molecular complexity index is 523. The molecule has 0 aromatic heterocycles. The summed E-state index contributed by atoms with van der Waals surface area (Å²) in [6.07, 6.45) is -0.0405. The summed E-state index contributed by atoms with van der Waals surface area (Å²) in [5.41, 5.74) is -3.32. The zero-order valence-corrected chi connectivity index (χ0v) is 10.8. The van der Waals surface area contributed by atoms with Gasteiger partial charge >= 0.3 is 0 Å². The zero-order chi connectivity index (χ0) is 16.4. The van der Waals surface area contributed by atoms with Gasteiger partial charge in [0.2, 0.25) is 5.82 Å². The molecule has 21 heavy (non-hydrogen) atoms. The van der Waals surface area contributed by atoms with E-state index in [2.05, 4.69) is 0 Å². The molecule has 3 N–H and O–H groups in total. The summed E-state index contributed by atoms with van der Waals surface area (Å²) >= 11 is 0. The van der Waals surface area contributed by atoms with E-state index < -0.39 is 59.3 Å². The third-order valence-corrected chi connectivity index (χ3v) is 3.10. The van der Waals surface area contributed by atoms with E-state index in [4.69, 9.17) is 10.2 Å². The van der Waals surface area contributed by atoms with Gasteiger partial charge in [0.25, 0.3) is 5.91 Å². The molecule has 0 fully saturated rings. The number of aliphatic hydroxyl groups excluding tert-OH is 2. The quantitative estimate of drug-likeness (QED) is 0.435. The van der Waals surface area contributed by atoms with Crippen LogP contribution in [0, 0.1) is 29.1 Å². The maximum atomic E-state index is 13.4. The van der Waals surface area contributed by atoms with E-state index >= 15 is 0 Å². The summed E-state index contributed by atoms with van der Waals surface area (Å²) in [7, 11) is 0. The first-order chi connectivity index (χ1) is 9.74. The molecule has 0 unspecified atom stereocenters. The topological polar surface area (TPSA) is 69.6 Å². The van der Waals surface area contributed by atoms with Gasteiger partial charge in [0.15, 0.2) is 23.3 Å². The first kappa shape index (κ1) is 17.3. The molecule has 1 amide bonds. The lowest BCUT2D eigenvalue weighted by Gasteiger charge is -2.29. The minimum absolute atomic E-state index is 0.0405. The van der Waals surface area contributed by atoms with Crippen LogP contribution in [0.25, 0.3) is 0 Å². The van der Waals surface area contributed by atoms with E-state index in [1.54, 1.807) is 0 Å². The van der Waals surface area contributed by atoms with Crippen LogP contribution in [0.4, 0.5) is 22.0 Å². The minimum Gasteiger partial charge on any atom is -0.394 e. The Kier molecular flexibility index (Phi) is 5.24. The van der Waals surface area contributed by atoms with Crippen LogP contribution in [0.3, 0.4) is 0 Å². The molecule has 1 rings (SSSR count). The third kappa shape index (κ3) is 2.98. The molecule has 0 saturated carbocycles. The summed E-state index contributed by atoms with van der Waals surface area (Å²) < 4.78 is 65.7. The molecule has 1 aromatic rings. The van der Waals surface area contributed by atoms with Gasteiger partial charge < -0.3 is 15.5 Å². The lowest BCUT2D eigenvalue weighted by Crippen LogP contribution is -2.54. The van der Waals surface area contributed by atoms with Gasteiger partial charge in [0, 0.05) is 0 Å². The Balaban J connectivity index is 3.32. The van der Waals surface area contributed by atoms with Crippen molar-refractivity contribution in [2.45, 2.75) is 18.9 Å². The average Bonchev–Trinajstić information content (AvgIpc) is 2.49. The summed E-state index contributed by atoms with van der Waals surface area (Å²) in [5.74, 6) is -13.1. The molecule has 4 nitrogen and oxygen atoms in total. The van der Waals surface area contributed by atoms with E-state index in [0.717, 1.165) is 0 Å². The highest BCUT2D eigenvalue weighted by atomic mass is 19.2. The van der Waals surface area contributed by atoms with Gasteiger partial charge in [0.1, 0.15) is 5.56 Å². The number of carbonyl (C=O) groups excluding carboxylic acids is 1. The van der Waals surface area contributed by atoms with Crippen molar-refractivity contribution >= 4 is 5.91 Å². The normalized spacial score (nSPS) is 11.6. The molecule has 9 heteroatoms. The van der Waals surface area contributed by atoms with Crippen LogP contribution >= 0.6 is 0 Å². The van der Waals surface area contributed by atoms with Crippen LogP contribution in [0.15, 0.2) is 0 Å². The molecular formula is C12H12F5NO3. The Hall–Kier alpha value is -1.74. The van der Waals surface area contributed by atoms with Crippen LogP contribution in [-0.2, 0) is 0 Å². The van der Waals surface area contributed by atoms with Gasteiger partial charge in [-0.3, -0.25) is 4.79 Å². The highest BCUT2D eigenvalue weighted by Gasteiger charge is 2.34. The van der Waals surface area contributed by atoms with Crippen LogP contribution in [-0.4, -0.2) is 34.9 Å². The summed E-state index contributed by atoms with van der Waals surface area (Å²) in [6.45, 7) is -0.145. The second-order valence-corrected chi connectivity index (χ2v) is 4.35. The minimum atomic E-state index is -2.38. The van der Waals surface area contributed by atoms with E-state index in [9.17, 15) is 26.7 Å². The third-order valence-electron chi connectivity index (χ3n) is 3.10. The predicted octanol–water partition coefficient (Wildman–Crippen LogP) is 1.25. The number of hydrogen-bond donors (Lipinski definition) is 3. The number of nitrogens with one attached hydrogen (secondary N) is 1. The largest absolute Gasteiger partial charge is 0.394 e. The molecule has 0 radical (unpaired) electrons. The molecule has 0 bridgehead atoms. The van der Waals surface area contributed by atoms with Gasteiger partial charge in [-0.05, 0) is 6.42 Å². The van der Waals surface area contributed by atoms with Gasteiger partial charge in [-0.1, -0.05) is 6.92 Å². The fraction of sp³-hybridized carbons (Fsp3) is 0.417. The van der Waals surface area contributed by atoms with Crippen LogP contribution in [0.1, 0.15) is 23.7 Å². The number of aliphatic hydroxyl groups is 2. The Morgan fingerprint density at radius 1 is 0.952 bits per heavy atom. The summed E-state index contributed by atoms with van der Waals surface area (Å²) in [6, 6.07) is 0. The Morgan fingerprint density at radius 2 is 1.33 bits per heavy atom. The molecule has 0 atom stereocenters. The molecule has 118 valence electrons. The Morgan fingerprint density at radius 3 is 1.67 bits per heavy atom. The average molecular weight is 313 g/mol. The molecule has 1 aromatic carbocycles. The van der Waals surface area contributed by atoms with Gasteiger partial charge in [0.05, 0.1) is 18.8 Å². The SMILES string of the molecule is CCC(CO)(CO)NC(=O)c1c(F)c(F)c(F)c(F)c1F. The maximum Gasteiger partial charge on any atom is 0.258 e. The van der Waals surface area contributed by atoms with E-state index in [1.165, 1.54) is 6.92 Å². The van der Waals surface area contributed by atoms with Crippen molar-refractivity contribution in [3.63, 3.8) is 0 Å². The van der Waals surface area contributed by atoms with Crippen LogP contribution in [0.2, 0.25) is 0 Å². The lowest BCUT2D eigenvalue weighted by molar-refractivity contribution is 0.0644. The standard InChI is InChI=1S/C12H12F5NO3/c1-2-12(3-19,4-20)18-11(21)5-6(13)8(15)10(17)9(16)7(5)14/h19-20H,2-4H2,1H3,(H,18,21). The fourth-order valence-corrected chi connectivity index (χ4v) is 1.55. The maximum absolute atomic E-state index is 13.4. The van der Waals surface area contributed by atoms with E-state index in [-0.39, 0.29) is 6.42 Å². The van der Waals surface area contributed by atoms with Crippen molar-refractivity contribution in [3.05, 3.63) is 34.6 Å². The van der Waals surface area contributed by atoms with Crippen molar-refractivity contribution in [2.24, 2.45) is 0 Å². The van der Waals surface area contributed by atoms with Gasteiger partial charge in [-0.2, -0.15) is 0 Å². The molecule has 0 saturated heterocycles. The predicted molar refractivity (Wildman–Crippen MR) is 60.9 cm³/mol. The number of amides is 1. The first-order valence-corrected chi connectivity index (χ1v) is 5.80. The lowest BCUT2D eigenvalue weighted by atomic mass is 9.97. The number of halogens is 5. The number of hydrogen-bond acceptors (Lipinski definition) is 3. The zero-order valence-electron chi connectivity index (χ0n) is 10.8. The van der Waals surface area contributed by atoms with E-state index in [0.29, 0.717) is 0 Å². The van der Waals surface area contributed by atoms with Crippen LogP contribution in [0.5, 0.6) is 0 Å². The molecule has 0 heterocycles. The van der Waals surface area contributed by atoms with Crippen molar-refractivity contribution in [2.75, 3.05) is 13.2 Å². The number of benzene rings is 1. The number of rotatable bonds is 5. The molecule has 0 aliphatic heterocycles. The van der Waals surface area contributed by atoms with Crippen molar-refractivity contribution in [1.29, 1.82) is 0 Å². The van der Waals surface area contributed by atoms with Crippen molar-refractivity contribution in [1.82, 2.24) is 5.32 Å². The van der Waals surface area contributed by atoms with Gasteiger partial charge in [-0.25, -0.2) is 22.0 Å². The molecular weight excluding hydrogens is 301 g/mol. The van der Waals surface area contributed by atoms with Crippen molar-refractivity contribution < 1.29 is 37.0 Å².